The molecule has 0 bridgehead atoms. The Hall–Kier alpha value is -2.49. The summed E-state index contributed by atoms with van der Waals surface area (Å²) in [5, 5.41) is 4.69. The van der Waals surface area contributed by atoms with E-state index in [9.17, 15) is 13.2 Å². The van der Waals surface area contributed by atoms with Crippen molar-refractivity contribution in [3.05, 3.63) is 51.9 Å². The lowest BCUT2D eigenvalue weighted by Crippen LogP contribution is -2.33. The van der Waals surface area contributed by atoms with Gasteiger partial charge in [-0.25, -0.2) is 17.7 Å². The van der Waals surface area contributed by atoms with E-state index >= 15 is 0 Å². The number of hydrogen-bond acceptors (Lipinski definition) is 6. The van der Waals surface area contributed by atoms with Gasteiger partial charge in [-0.3, -0.25) is 9.36 Å². The van der Waals surface area contributed by atoms with Gasteiger partial charge in [-0.2, -0.15) is 4.98 Å². The van der Waals surface area contributed by atoms with E-state index in [-0.39, 0.29) is 29.5 Å². The average molecular weight is 472 g/mol. The molecule has 2 atom stereocenters. The van der Waals surface area contributed by atoms with Crippen LogP contribution >= 0.6 is 11.6 Å². The first-order chi connectivity index (χ1) is 15.3. The van der Waals surface area contributed by atoms with Crippen molar-refractivity contribution in [3.63, 3.8) is 0 Å². The normalized spacial score (nSPS) is 25.1. The van der Waals surface area contributed by atoms with Crippen LogP contribution in [0.5, 0.6) is 0 Å². The molecule has 6 rings (SSSR count). The Morgan fingerprint density at radius 2 is 1.84 bits per heavy atom. The highest BCUT2D eigenvalue weighted by Crippen LogP contribution is 2.47. The largest absolute Gasteiger partial charge is 0.351 e. The molecule has 2 aliphatic carbocycles. The zero-order chi connectivity index (χ0) is 22.2. The van der Waals surface area contributed by atoms with Gasteiger partial charge in [0.05, 0.1) is 6.26 Å². The molecule has 2 saturated carbocycles. The summed E-state index contributed by atoms with van der Waals surface area (Å²) in [6, 6.07) is 9.46. The molecule has 1 N–H and O–H groups in total. The molecule has 3 fully saturated rings. The molecule has 3 aliphatic rings. The van der Waals surface area contributed by atoms with E-state index in [2.05, 4.69) is 10.3 Å². The van der Waals surface area contributed by atoms with Crippen LogP contribution in [0.3, 0.4) is 0 Å². The van der Waals surface area contributed by atoms with Crippen LogP contribution in [-0.2, 0) is 10.0 Å². The third kappa shape index (κ3) is 3.30. The van der Waals surface area contributed by atoms with E-state index in [0.717, 1.165) is 18.2 Å². The maximum absolute atomic E-state index is 13.4. The number of fused-ring (bicyclic) bond motifs is 2. The molecule has 2 unspecified atom stereocenters. The zero-order valence-electron chi connectivity index (χ0n) is 17.4. The molecule has 166 valence electrons. The first-order valence-corrected chi connectivity index (χ1v) is 12.9. The Morgan fingerprint density at radius 1 is 1.12 bits per heavy atom. The lowest BCUT2D eigenvalue weighted by molar-refractivity contribution is 0.440. The quantitative estimate of drug-likeness (QED) is 0.614. The number of nitrogens with one attached hydrogen (secondary N) is 1. The molecule has 1 aliphatic heterocycles. The molecule has 8 nitrogen and oxygen atoms in total. The first kappa shape index (κ1) is 20.1. The van der Waals surface area contributed by atoms with Gasteiger partial charge in [-0.1, -0.05) is 29.8 Å². The molecule has 1 saturated heterocycles. The second kappa shape index (κ2) is 7.00. The van der Waals surface area contributed by atoms with Gasteiger partial charge in [0.2, 0.25) is 16.0 Å². The number of pyridine rings is 1. The van der Waals surface area contributed by atoms with E-state index < -0.39 is 10.0 Å². The number of rotatable bonds is 5. The van der Waals surface area contributed by atoms with E-state index in [1.807, 2.05) is 24.3 Å². The SMILES string of the molecule is CS(=O)(=O)N1CC2C(C1)C2Nc1ncc2cc(-c3ccccc3Cl)c(=O)n(C3CC3)c2n1. The fourth-order valence-electron chi connectivity index (χ4n) is 4.86. The van der Waals surface area contributed by atoms with Crippen molar-refractivity contribution in [1.29, 1.82) is 0 Å². The Bertz CT molecular complexity index is 1410. The van der Waals surface area contributed by atoms with Gasteiger partial charge in [0.1, 0.15) is 5.65 Å². The van der Waals surface area contributed by atoms with Crippen LogP contribution in [0.15, 0.2) is 41.3 Å². The van der Waals surface area contributed by atoms with Crippen molar-refractivity contribution < 1.29 is 8.42 Å². The summed E-state index contributed by atoms with van der Waals surface area (Å²) in [6.07, 6.45) is 4.88. The van der Waals surface area contributed by atoms with Crippen molar-refractivity contribution in [3.8, 4) is 11.1 Å². The van der Waals surface area contributed by atoms with E-state index in [1.54, 1.807) is 16.8 Å². The van der Waals surface area contributed by atoms with Crippen molar-refractivity contribution in [2.75, 3.05) is 24.7 Å². The minimum absolute atomic E-state index is 0.0927. The number of benzene rings is 1. The maximum Gasteiger partial charge on any atom is 0.260 e. The standard InChI is InChI=1S/C22H22ClN5O3S/c1-32(30,31)27-10-16-17(11-27)19(16)25-22-24-9-12-8-15(14-4-2-3-5-18(14)23)21(29)28(13-6-7-13)20(12)26-22/h2-5,8-9,13,16-17,19H,6-7,10-11H2,1H3,(H,24,25,26). The summed E-state index contributed by atoms with van der Waals surface area (Å²) in [5.41, 5.74) is 1.79. The topological polar surface area (TPSA) is 97.2 Å². The van der Waals surface area contributed by atoms with Gasteiger partial charge in [0.25, 0.3) is 5.56 Å². The predicted octanol–water partition coefficient (Wildman–Crippen LogP) is 2.75. The highest BCUT2D eigenvalue weighted by atomic mass is 35.5. The lowest BCUT2D eigenvalue weighted by Gasteiger charge is -2.17. The van der Waals surface area contributed by atoms with Gasteiger partial charge >= 0.3 is 0 Å². The lowest BCUT2D eigenvalue weighted by atomic mass is 10.1. The number of halogens is 1. The minimum Gasteiger partial charge on any atom is -0.351 e. The third-order valence-electron chi connectivity index (χ3n) is 6.77. The predicted molar refractivity (Wildman–Crippen MR) is 123 cm³/mol. The van der Waals surface area contributed by atoms with Crippen LogP contribution in [0, 0.1) is 11.8 Å². The monoisotopic (exact) mass is 471 g/mol. The van der Waals surface area contributed by atoms with Crippen LogP contribution in [0.2, 0.25) is 5.02 Å². The van der Waals surface area contributed by atoms with E-state index in [4.69, 9.17) is 16.6 Å². The Morgan fingerprint density at radius 3 is 2.50 bits per heavy atom. The number of hydrogen-bond donors (Lipinski definition) is 1. The summed E-state index contributed by atoms with van der Waals surface area (Å²) in [5.74, 6) is 1.02. The molecule has 1 aromatic carbocycles. The smallest absolute Gasteiger partial charge is 0.260 e. The molecule has 0 amide bonds. The van der Waals surface area contributed by atoms with Crippen LogP contribution in [0.4, 0.5) is 5.95 Å². The highest BCUT2D eigenvalue weighted by molar-refractivity contribution is 7.88. The number of piperidine rings is 1. The van der Waals surface area contributed by atoms with E-state index in [1.165, 1.54) is 10.6 Å². The number of sulfonamides is 1. The van der Waals surface area contributed by atoms with Crippen molar-refractivity contribution in [2.45, 2.75) is 24.9 Å². The first-order valence-electron chi connectivity index (χ1n) is 10.7. The molecule has 3 aromatic rings. The Balaban J connectivity index is 1.34. The second-order valence-electron chi connectivity index (χ2n) is 8.99. The van der Waals surface area contributed by atoms with Crippen LogP contribution in [-0.4, -0.2) is 52.6 Å². The second-order valence-corrected chi connectivity index (χ2v) is 11.4. The third-order valence-corrected chi connectivity index (χ3v) is 8.34. The molecule has 3 heterocycles. The highest BCUT2D eigenvalue weighted by Gasteiger charge is 2.57. The van der Waals surface area contributed by atoms with Gasteiger partial charge < -0.3 is 5.32 Å². The summed E-state index contributed by atoms with van der Waals surface area (Å²) < 4.78 is 26.8. The molecule has 0 radical (unpaired) electrons. The van der Waals surface area contributed by atoms with Crippen LogP contribution in [0.1, 0.15) is 18.9 Å². The summed E-state index contributed by atoms with van der Waals surface area (Å²) >= 11 is 6.37. The summed E-state index contributed by atoms with van der Waals surface area (Å²) in [7, 11) is -3.15. The molecule has 2 aromatic heterocycles. The maximum atomic E-state index is 13.4. The Labute approximate surface area is 190 Å². The average Bonchev–Trinajstić information content (AvgIpc) is 3.64. The zero-order valence-corrected chi connectivity index (χ0v) is 19.0. The molecular weight excluding hydrogens is 450 g/mol. The minimum atomic E-state index is -3.15. The van der Waals surface area contributed by atoms with E-state index in [0.29, 0.717) is 40.8 Å². The fraction of sp³-hybridized carbons (Fsp3) is 0.409. The van der Waals surface area contributed by atoms with Crippen LogP contribution < -0.4 is 10.9 Å². The number of nitrogens with zero attached hydrogens (tertiary/aromatic N) is 4. The molecule has 10 heteroatoms. The van der Waals surface area contributed by atoms with Gasteiger partial charge in [-0.15, -0.1) is 0 Å². The van der Waals surface area contributed by atoms with Gasteiger partial charge in [0.15, 0.2) is 0 Å². The summed E-state index contributed by atoms with van der Waals surface area (Å²) in [4.78, 5) is 22.6. The van der Waals surface area contributed by atoms with Gasteiger partial charge in [0, 0.05) is 52.9 Å². The number of anilines is 1. The number of aromatic nitrogens is 3. The van der Waals surface area contributed by atoms with Crippen molar-refractivity contribution in [2.24, 2.45) is 11.8 Å². The van der Waals surface area contributed by atoms with Crippen LogP contribution in [0.25, 0.3) is 22.2 Å². The van der Waals surface area contributed by atoms with Crippen molar-refractivity contribution >= 4 is 38.6 Å². The molecule has 32 heavy (non-hydrogen) atoms. The fourth-order valence-corrected chi connectivity index (χ4v) is 5.98. The van der Waals surface area contributed by atoms with Gasteiger partial charge in [-0.05, 0) is 36.8 Å². The molecular formula is C22H22ClN5O3S. The Kier molecular flexibility index (Phi) is 4.41. The molecule has 0 spiro atoms. The van der Waals surface area contributed by atoms with Crippen molar-refractivity contribution in [1.82, 2.24) is 18.8 Å². The summed E-state index contributed by atoms with van der Waals surface area (Å²) in [6.45, 7) is 1.06.